The second kappa shape index (κ2) is 9.90. The smallest absolute Gasteiger partial charge is 0.251 e. The van der Waals surface area contributed by atoms with Crippen molar-refractivity contribution in [1.29, 1.82) is 0 Å². The van der Waals surface area contributed by atoms with Crippen LogP contribution in [0.15, 0.2) is 30.3 Å². The van der Waals surface area contributed by atoms with Crippen molar-refractivity contribution < 1.29 is 19.4 Å². The van der Waals surface area contributed by atoms with E-state index in [2.05, 4.69) is 10.6 Å². The molecule has 0 aliphatic heterocycles. The molecule has 6 nitrogen and oxygen atoms in total. The molecule has 0 saturated carbocycles. The number of carbonyl (C=O) groups is 2. The molecule has 0 fully saturated rings. The number of amides is 2. The third-order valence-corrected chi connectivity index (χ3v) is 2.83. The molecule has 1 rings (SSSR count). The quantitative estimate of drug-likeness (QED) is 0.612. The average molecular weight is 294 g/mol. The lowest BCUT2D eigenvalue weighted by Gasteiger charge is -2.10. The monoisotopic (exact) mass is 294 g/mol. The fourth-order valence-electron chi connectivity index (χ4n) is 1.72. The zero-order valence-electron chi connectivity index (χ0n) is 12.2. The summed E-state index contributed by atoms with van der Waals surface area (Å²) in [6.07, 6.45) is 0.0719. The van der Waals surface area contributed by atoms with Crippen LogP contribution in [0.2, 0.25) is 0 Å². The summed E-state index contributed by atoms with van der Waals surface area (Å²) in [7, 11) is 1.51. The molecule has 1 atom stereocenters. The van der Waals surface area contributed by atoms with Gasteiger partial charge in [-0.15, -0.1) is 0 Å². The standard InChI is InChI=1S/C15H22N2O4/c1-21-11-13(18)7-9-16-14(19)8-10-17-15(20)12-5-3-2-4-6-12/h2-6,13,18H,7-11H2,1H3,(H,16,19)(H,17,20). The maximum absolute atomic E-state index is 11.7. The normalized spacial score (nSPS) is 11.7. The van der Waals surface area contributed by atoms with Gasteiger partial charge in [-0.25, -0.2) is 0 Å². The lowest BCUT2D eigenvalue weighted by Crippen LogP contribution is -2.32. The lowest BCUT2D eigenvalue weighted by atomic mass is 10.2. The molecule has 0 heterocycles. The highest BCUT2D eigenvalue weighted by molar-refractivity contribution is 5.94. The molecule has 0 bridgehead atoms. The fourth-order valence-corrected chi connectivity index (χ4v) is 1.72. The molecule has 21 heavy (non-hydrogen) atoms. The van der Waals surface area contributed by atoms with Gasteiger partial charge in [0.1, 0.15) is 0 Å². The summed E-state index contributed by atoms with van der Waals surface area (Å²) in [6.45, 7) is 0.916. The van der Waals surface area contributed by atoms with Gasteiger partial charge in [-0.3, -0.25) is 9.59 Å². The maximum atomic E-state index is 11.7. The van der Waals surface area contributed by atoms with E-state index in [1.54, 1.807) is 24.3 Å². The minimum atomic E-state index is -0.576. The Hall–Kier alpha value is -1.92. The van der Waals surface area contributed by atoms with Crippen LogP contribution >= 0.6 is 0 Å². The van der Waals surface area contributed by atoms with Crippen LogP contribution in [0.3, 0.4) is 0 Å². The van der Waals surface area contributed by atoms with Crippen LogP contribution in [0.1, 0.15) is 23.2 Å². The van der Waals surface area contributed by atoms with Crippen molar-refractivity contribution in [2.24, 2.45) is 0 Å². The second-order valence-electron chi connectivity index (χ2n) is 4.62. The maximum Gasteiger partial charge on any atom is 0.251 e. The topological polar surface area (TPSA) is 87.7 Å². The van der Waals surface area contributed by atoms with Gasteiger partial charge in [-0.1, -0.05) is 18.2 Å². The number of ether oxygens (including phenoxy) is 1. The Kier molecular flexibility index (Phi) is 8.08. The number of rotatable bonds is 9. The Morgan fingerprint density at radius 1 is 1.19 bits per heavy atom. The van der Waals surface area contributed by atoms with Crippen molar-refractivity contribution in [1.82, 2.24) is 10.6 Å². The van der Waals surface area contributed by atoms with Gasteiger partial charge in [-0.2, -0.15) is 0 Å². The van der Waals surface area contributed by atoms with Crippen LogP contribution in [-0.2, 0) is 9.53 Å². The molecular formula is C15H22N2O4. The van der Waals surface area contributed by atoms with Crippen molar-refractivity contribution in [3.8, 4) is 0 Å². The Bertz CT molecular complexity index is 437. The molecule has 0 aliphatic carbocycles. The highest BCUT2D eigenvalue weighted by Gasteiger charge is 2.07. The van der Waals surface area contributed by atoms with E-state index in [1.165, 1.54) is 7.11 Å². The second-order valence-corrected chi connectivity index (χ2v) is 4.62. The van der Waals surface area contributed by atoms with Gasteiger partial charge < -0.3 is 20.5 Å². The molecular weight excluding hydrogens is 272 g/mol. The van der Waals surface area contributed by atoms with E-state index in [1.807, 2.05) is 6.07 Å². The van der Waals surface area contributed by atoms with E-state index >= 15 is 0 Å². The molecule has 1 aromatic carbocycles. The fraction of sp³-hybridized carbons (Fsp3) is 0.467. The zero-order valence-corrected chi connectivity index (χ0v) is 12.2. The Morgan fingerprint density at radius 3 is 2.57 bits per heavy atom. The number of nitrogens with one attached hydrogen (secondary N) is 2. The number of carbonyl (C=O) groups excluding carboxylic acids is 2. The molecule has 0 radical (unpaired) electrons. The average Bonchev–Trinajstić information content (AvgIpc) is 2.48. The van der Waals surface area contributed by atoms with E-state index in [9.17, 15) is 14.7 Å². The highest BCUT2D eigenvalue weighted by atomic mass is 16.5. The van der Waals surface area contributed by atoms with Crippen molar-refractivity contribution in [3.63, 3.8) is 0 Å². The summed E-state index contributed by atoms with van der Waals surface area (Å²) in [5.74, 6) is -0.355. The van der Waals surface area contributed by atoms with Gasteiger partial charge in [0.15, 0.2) is 0 Å². The first kappa shape index (κ1) is 17.1. The highest BCUT2D eigenvalue weighted by Crippen LogP contribution is 1.97. The summed E-state index contributed by atoms with van der Waals surface area (Å²) in [5.41, 5.74) is 0.570. The van der Waals surface area contributed by atoms with Gasteiger partial charge in [0.2, 0.25) is 5.91 Å². The molecule has 0 aromatic heterocycles. The number of hydrogen-bond donors (Lipinski definition) is 3. The third kappa shape index (κ3) is 7.43. The predicted octanol–water partition coefficient (Wildman–Crippen LogP) is 0.320. The molecule has 6 heteroatoms. The zero-order chi connectivity index (χ0) is 15.5. The van der Waals surface area contributed by atoms with E-state index in [4.69, 9.17) is 4.74 Å². The van der Waals surface area contributed by atoms with E-state index < -0.39 is 6.10 Å². The van der Waals surface area contributed by atoms with Crippen LogP contribution in [0.25, 0.3) is 0 Å². The molecule has 0 saturated heterocycles. The van der Waals surface area contributed by atoms with Gasteiger partial charge in [0.05, 0.1) is 12.7 Å². The molecule has 116 valence electrons. The van der Waals surface area contributed by atoms with Gasteiger partial charge >= 0.3 is 0 Å². The summed E-state index contributed by atoms with van der Waals surface area (Å²) in [4.78, 5) is 23.2. The van der Waals surface area contributed by atoms with E-state index in [0.29, 0.717) is 18.5 Å². The van der Waals surface area contributed by atoms with Crippen molar-refractivity contribution in [2.75, 3.05) is 26.8 Å². The Morgan fingerprint density at radius 2 is 1.90 bits per heavy atom. The SMILES string of the molecule is COCC(O)CCNC(=O)CCNC(=O)c1ccccc1. The minimum Gasteiger partial charge on any atom is -0.391 e. The lowest BCUT2D eigenvalue weighted by molar-refractivity contribution is -0.121. The number of methoxy groups -OCH3 is 1. The molecule has 1 aromatic rings. The number of aliphatic hydroxyl groups is 1. The van der Waals surface area contributed by atoms with Crippen molar-refractivity contribution >= 4 is 11.8 Å². The first-order chi connectivity index (χ1) is 10.1. The third-order valence-electron chi connectivity index (χ3n) is 2.83. The van der Waals surface area contributed by atoms with Crippen LogP contribution < -0.4 is 10.6 Å². The number of benzene rings is 1. The Labute approximate surface area is 124 Å². The summed E-state index contributed by atoms with van der Waals surface area (Å²) in [6, 6.07) is 8.83. The molecule has 0 aliphatic rings. The summed E-state index contributed by atoms with van der Waals surface area (Å²) >= 11 is 0. The largest absolute Gasteiger partial charge is 0.391 e. The number of hydrogen-bond acceptors (Lipinski definition) is 4. The van der Waals surface area contributed by atoms with Gasteiger partial charge in [-0.05, 0) is 18.6 Å². The van der Waals surface area contributed by atoms with Crippen molar-refractivity contribution in [3.05, 3.63) is 35.9 Å². The molecule has 0 spiro atoms. The summed E-state index contributed by atoms with van der Waals surface area (Å²) in [5, 5.41) is 14.8. The van der Waals surface area contributed by atoms with E-state index in [0.717, 1.165) is 0 Å². The van der Waals surface area contributed by atoms with Gasteiger partial charge in [0.25, 0.3) is 5.91 Å². The van der Waals surface area contributed by atoms with Crippen LogP contribution in [0, 0.1) is 0 Å². The number of aliphatic hydroxyl groups excluding tert-OH is 1. The minimum absolute atomic E-state index is 0.159. The first-order valence-electron chi connectivity index (χ1n) is 6.90. The van der Waals surface area contributed by atoms with Crippen LogP contribution in [0.5, 0.6) is 0 Å². The van der Waals surface area contributed by atoms with E-state index in [-0.39, 0.29) is 31.4 Å². The molecule has 1 unspecified atom stereocenters. The Balaban J connectivity index is 2.12. The van der Waals surface area contributed by atoms with Crippen LogP contribution in [-0.4, -0.2) is 49.8 Å². The predicted molar refractivity (Wildman–Crippen MR) is 78.9 cm³/mol. The van der Waals surface area contributed by atoms with Crippen molar-refractivity contribution in [2.45, 2.75) is 18.9 Å². The molecule has 2 amide bonds. The van der Waals surface area contributed by atoms with Gasteiger partial charge in [0, 0.05) is 32.2 Å². The first-order valence-corrected chi connectivity index (χ1v) is 6.90. The molecule has 3 N–H and O–H groups in total. The van der Waals surface area contributed by atoms with Crippen LogP contribution in [0.4, 0.5) is 0 Å². The summed E-state index contributed by atoms with van der Waals surface area (Å²) < 4.78 is 4.78.